The average Bonchev–Trinajstić information content (AvgIpc) is 3.18. The third kappa shape index (κ3) is 15.1. The SMILES string of the molecule is CCCCCCCCCCCCCCCCc1n(CCCCC)cc[n+]1CCCCCC. The molecular weight excluding hydrogens is 388 g/mol. The molecule has 0 unspecified atom stereocenters. The molecule has 0 fully saturated rings. The molecule has 188 valence electrons. The van der Waals surface area contributed by atoms with Gasteiger partial charge in [-0.2, -0.15) is 0 Å². The first kappa shape index (κ1) is 29.2. The highest BCUT2D eigenvalue weighted by atomic mass is 15.1. The van der Waals surface area contributed by atoms with Crippen LogP contribution in [0.2, 0.25) is 0 Å². The zero-order chi connectivity index (χ0) is 23.1. The number of imidazole rings is 1. The number of aromatic nitrogens is 2. The molecule has 0 saturated carbocycles. The molecule has 0 aliphatic carbocycles. The zero-order valence-electron chi connectivity index (χ0n) is 22.5. The Morgan fingerprint density at radius 1 is 0.531 bits per heavy atom. The van der Waals surface area contributed by atoms with Crippen molar-refractivity contribution in [2.75, 3.05) is 0 Å². The summed E-state index contributed by atoms with van der Waals surface area (Å²) in [5.41, 5.74) is 0. The maximum Gasteiger partial charge on any atom is 0.256 e. The summed E-state index contributed by atoms with van der Waals surface area (Å²) in [5, 5.41) is 0. The summed E-state index contributed by atoms with van der Waals surface area (Å²) in [6.07, 6.45) is 35.6. The van der Waals surface area contributed by atoms with Crippen molar-refractivity contribution in [2.24, 2.45) is 0 Å². The first-order chi connectivity index (χ1) is 15.8. The summed E-state index contributed by atoms with van der Waals surface area (Å²) in [7, 11) is 0. The third-order valence-corrected chi connectivity index (χ3v) is 7.10. The highest BCUT2D eigenvalue weighted by Gasteiger charge is 2.16. The van der Waals surface area contributed by atoms with Gasteiger partial charge in [0.15, 0.2) is 0 Å². The molecule has 0 aliphatic rings. The van der Waals surface area contributed by atoms with Crippen molar-refractivity contribution in [1.29, 1.82) is 0 Å². The van der Waals surface area contributed by atoms with Crippen LogP contribution < -0.4 is 4.57 Å². The first-order valence-electron chi connectivity index (χ1n) is 14.9. The van der Waals surface area contributed by atoms with Crippen molar-refractivity contribution in [1.82, 2.24) is 4.57 Å². The Morgan fingerprint density at radius 2 is 0.969 bits per heavy atom. The van der Waals surface area contributed by atoms with E-state index >= 15 is 0 Å². The van der Waals surface area contributed by atoms with E-state index in [1.54, 1.807) is 5.82 Å². The number of unbranched alkanes of at least 4 members (excludes halogenated alkanes) is 18. The lowest BCUT2D eigenvalue weighted by molar-refractivity contribution is -0.704. The van der Waals surface area contributed by atoms with Gasteiger partial charge in [0.05, 0.1) is 13.1 Å². The monoisotopic (exact) mass is 447 g/mol. The van der Waals surface area contributed by atoms with Gasteiger partial charge in [-0.25, -0.2) is 9.13 Å². The minimum Gasteiger partial charge on any atom is -0.234 e. The number of nitrogens with zero attached hydrogens (tertiary/aromatic N) is 2. The smallest absolute Gasteiger partial charge is 0.234 e. The minimum atomic E-state index is 1.21. The molecule has 0 saturated heterocycles. The van der Waals surface area contributed by atoms with Crippen LogP contribution in [0, 0.1) is 0 Å². The van der Waals surface area contributed by atoms with Crippen molar-refractivity contribution < 1.29 is 4.57 Å². The number of aryl methyl sites for hydroxylation is 2. The Balaban J connectivity index is 2.15. The van der Waals surface area contributed by atoms with Crippen LogP contribution in [0.5, 0.6) is 0 Å². The number of hydrogen-bond donors (Lipinski definition) is 0. The van der Waals surface area contributed by atoms with Gasteiger partial charge in [0.2, 0.25) is 0 Å². The predicted molar refractivity (Wildman–Crippen MR) is 142 cm³/mol. The second-order valence-corrected chi connectivity index (χ2v) is 10.2. The van der Waals surface area contributed by atoms with Gasteiger partial charge in [-0.1, -0.05) is 124 Å². The van der Waals surface area contributed by atoms with Gasteiger partial charge in [-0.3, -0.25) is 0 Å². The van der Waals surface area contributed by atoms with Crippen molar-refractivity contribution >= 4 is 0 Å². The van der Waals surface area contributed by atoms with E-state index in [-0.39, 0.29) is 0 Å². The van der Waals surface area contributed by atoms with Crippen LogP contribution in [0.4, 0.5) is 0 Å². The van der Waals surface area contributed by atoms with Gasteiger partial charge in [-0.05, 0) is 32.1 Å². The third-order valence-electron chi connectivity index (χ3n) is 7.10. The molecule has 0 amide bonds. The standard InChI is InChI=1S/C30H59N2/c1-4-7-10-12-13-14-15-16-17-18-19-20-21-22-25-30-31(26-23-9-6-3)28-29-32(30)27-24-11-8-5-2/h28-29H,4-27H2,1-3H3/q+1. The molecule has 1 rings (SSSR count). The maximum atomic E-state index is 2.57. The minimum absolute atomic E-state index is 1.21. The van der Waals surface area contributed by atoms with E-state index in [4.69, 9.17) is 0 Å². The quantitative estimate of drug-likeness (QED) is 0.110. The Kier molecular flexibility index (Phi) is 20.1. The number of hydrogen-bond acceptors (Lipinski definition) is 0. The van der Waals surface area contributed by atoms with Crippen LogP contribution in [0.15, 0.2) is 12.4 Å². The van der Waals surface area contributed by atoms with Gasteiger partial charge < -0.3 is 0 Å². The van der Waals surface area contributed by atoms with Gasteiger partial charge in [0.25, 0.3) is 5.82 Å². The van der Waals surface area contributed by atoms with Gasteiger partial charge >= 0.3 is 0 Å². The molecule has 0 N–H and O–H groups in total. The summed E-state index contributed by atoms with van der Waals surface area (Å²) in [4.78, 5) is 0. The van der Waals surface area contributed by atoms with E-state index in [2.05, 4.69) is 42.3 Å². The van der Waals surface area contributed by atoms with E-state index in [1.165, 1.54) is 154 Å². The molecule has 0 atom stereocenters. The lowest BCUT2D eigenvalue weighted by Gasteiger charge is -2.06. The lowest BCUT2D eigenvalue weighted by atomic mass is 10.0. The highest BCUT2D eigenvalue weighted by molar-refractivity contribution is 4.84. The van der Waals surface area contributed by atoms with E-state index in [0.717, 1.165) is 0 Å². The molecule has 2 nitrogen and oxygen atoms in total. The topological polar surface area (TPSA) is 8.81 Å². The van der Waals surface area contributed by atoms with Crippen molar-refractivity contribution in [3.05, 3.63) is 18.2 Å². The van der Waals surface area contributed by atoms with E-state index in [0.29, 0.717) is 0 Å². The summed E-state index contributed by atoms with van der Waals surface area (Å²) in [6, 6.07) is 0. The highest BCUT2D eigenvalue weighted by Crippen LogP contribution is 2.14. The molecule has 1 heterocycles. The Hall–Kier alpha value is -0.790. The fourth-order valence-electron chi connectivity index (χ4n) is 4.91. The molecule has 1 aromatic heterocycles. The zero-order valence-corrected chi connectivity index (χ0v) is 22.5. The van der Waals surface area contributed by atoms with Crippen LogP contribution in [0.25, 0.3) is 0 Å². The fraction of sp³-hybridized carbons (Fsp3) is 0.900. The van der Waals surface area contributed by atoms with Crippen LogP contribution in [0.1, 0.15) is 161 Å². The van der Waals surface area contributed by atoms with Gasteiger partial charge in [0, 0.05) is 6.42 Å². The van der Waals surface area contributed by atoms with Gasteiger partial charge in [0.1, 0.15) is 12.4 Å². The normalized spacial score (nSPS) is 11.5. The molecule has 0 spiro atoms. The number of rotatable bonds is 24. The van der Waals surface area contributed by atoms with E-state index in [1.807, 2.05) is 0 Å². The molecule has 0 radical (unpaired) electrons. The van der Waals surface area contributed by atoms with Crippen LogP contribution in [-0.4, -0.2) is 4.57 Å². The van der Waals surface area contributed by atoms with Crippen LogP contribution >= 0.6 is 0 Å². The predicted octanol–water partition coefficient (Wildman–Crippen LogP) is 9.57. The van der Waals surface area contributed by atoms with E-state index < -0.39 is 0 Å². The van der Waals surface area contributed by atoms with Crippen LogP contribution in [0.3, 0.4) is 0 Å². The second-order valence-electron chi connectivity index (χ2n) is 10.2. The van der Waals surface area contributed by atoms with Crippen molar-refractivity contribution in [3.63, 3.8) is 0 Å². The second kappa shape index (κ2) is 22.0. The Bertz CT molecular complexity index is 505. The maximum absolute atomic E-state index is 2.57. The summed E-state index contributed by atoms with van der Waals surface area (Å²) >= 11 is 0. The largest absolute Gasteiger partial charge is 0.256 e. The summed E-state index contributed by atoms with van der Waals surface area (Å²) < 4.78 is 5.14. The van der Waals surface area contributed by atoms with Crippen molar-refractivity contribution in [2.45, 2.75) is 175 Å². The molecule has 32 heavy (non-hydrogen) atoms. The average molecular weight is 448 g/mol. The molecule has 0 aromatic carbocycles. The Labute approximate surface area is 202 Å². The van der Waals surface area contributed by atoms with Crippen LogP contribution in [-0.2, 0) is 19.5 Å². The fourth-order valence-corrected chi connectivity index (χ4v) is 4.91. The molecular formula is C30H59N2+. The molecule has 1 aromatic rings. The van der Waals surface area contributed by atoms with E-state index in [9.17, 15) is 0 Å². The first-order valence-corrected chi connectivity index (χ1v) is 14.9. The lowest BCUT2D eigenvalue weighted by Crippen LogP contribution is -2.37. The molecule has 0 bridgehead atoms. The summed E-state index contributed by atoms with van der Waals surface area (Å²) in [6.45, 7) is 9.34. The summed E-state index contributed by atoms with van der Waals surface area (Å²) in [5.74, 6) is 1.59. The Morgan fingerprint density at radius 3 is 1.50 bits per heavy atom. The van der Waals surface area contributed by atoms with Gasteiger partial charge in [-0.15, -0.1) is 0 Å². The van der Waals surface area contributed by atoms with Crippen molar-refractivity contribution in [3.8, 4) is 0 Å². The molecule has 0 aliphatic heterocycles. The molecule has 2 heteroatoms.